The molecule has 4 saturated carbocycles. The van der Waals surface area contributed by atoms with Crippen LogP contribution in [-0.4, -0.2) is 18.5 Å². The summed E-state index contributed by atoms with van der Waals surface area (Å²) in [7, 11) is 0. The summed E-state index contributed by atoms with van der Waals surface area (Å²) in [4.78, 5) is 13.5. The van der Waals surface area contributed by atoms with Gasteiger partial charge in [0.2, 0.25) is 5.91 Å². The molecule has 5 unspecified atom stereocenters. The first kappa shape index (κ1) is 20.5. The van der Waals surface area contributed by atoms with Crippen molar-refractivity contribution in [3.05, 3.63) is 35.9 Å². The number of carbonyl (C=O) groups excluding carboxylic acids is 1. The maximum absolute atomic E-state index is 13.5. The van der Waals surface area contributed by atoms with Crippen LogP contribution in [0.1, 0.15) is 83.1 Å². The van der Waals surface area contributed by atoms with Crippen LogP contribution < -0.4 is 11.1 Å². The molecule has 30 heavy (non-hydrogen) atoms. The smallest absolute Gasteiger partial charge is 0.223 e. The molecule has 3 heteroatoms. The summed E-state index contributed by atoms with van der Waals surface area (Å²) in [5, 5.41) is 3.51. The van der Waals surface area contributed by atoms with E-state index in [-0.39, 0.29) is 5.92 Å². The second kappa shape index (κ2) is 7.97. The van der Waals surface area contributed by atoms with E-state index in [9.17, 15) is 4.79 Å². The highest BCUT2D eigenvalue weighted by Gasteiger charge is 2.60. The highest BCUT2D eigenvalue weighted by Crippen LogP contribution is 2.67. The molecule has 0 aliphatic heterocycles. The second-order valence-corrected chi connectivity index (χ2v) is 11.3. The summed E-state index contributed by atoms with van der Waals surface area (Å²) in [6.07, 6.45) is 13.4. The van der Waals surface area contributed by atoms with Gasteiger partial charge in [-0.1, -0.05) is 43.7 Å². The molecule has 0 saturated heterocycles. The van der Waals surface area contributed by atoms with Gasteiger partial charge >= 0.3 is 0 Å². The normalized spacial score (nSPS) is 42.7. The Hall–Kier alpha value is -1.35. The Morgan fingerprint density at radius 1 is 1.10 bits per heavy atom. The minimum atomic E-state index is 0.241. The van der Waals surface area contributed by atoms with E-state index in [0.717, 1.165) is 25.8 Å². The molecule has 0 heterocycles. The van der Waals surface area contributed by atoms with E-state index in [4.69, 9.17) is 5.73 Å². The average Bonchev–Trinajstić information content (AvgIpc) is 2.78. The molecule has 0 spiro atoms. The molecule has 3 nitrogen and oxygen atoms in total. The zero-order valence-corrected chi connectivity index (χ0v) is 18.7. The van der Waals surface area contributed by atoms with Crippen molar-refractivity contribution in [2.75, 3.05) is 6.54 Å². The Morgan fingerprint density at radius 3 is 2.57 bits per heavy atom. The lowest BCUT2D eigenvalue weighted by atomic mass is 9.41. The van der Waals surface area contributed by atoms with E-state index in [0.29, 0.717) is 40.5 Å². The predicted octanol–water partition coefficient (Wildman–Crippen LogP) is 5.18. The molecule has 5 rings (SSSR count). The first-order chi connectivity index (χ1) is 14.6. The van der Waals surface area contributed by atoms with Crippen molar-refractivity contribution in [1.29, 1.82) is 0 Å². The van der Waals surface area contributed by atoms with Gasteiger partial charge in [0.05, 0.1) is 0 Å². The molecule has 164 valence electrons. The molecule has 1 amide bonds. The molecule has 1 aromatic carbocycles. The van der Waals surface area contributed by atoms with Crippen LogP contribution in [-0.2, 0) is 10.2 Å². The fourth-order valence-corrected chi connectivity index (χ4v) is 8.37. The Kier molecular flexibility index (Phi) is 5.46. The van der Waals surface area contributed by atoms with Crippen molar-refractivity contribution in [3.8, 4) is 0 Å². The molecule has 3 N–H and O–H groups in total. The Morgan fingerprint density at radius 2 is 1.87 bits per heavy atom. The van der Waals surface area contributed by atoms with Gasteiger partial charge < -0.3 is 11.1 Å². The van der Waals surface area contributed by atoms with Gasteiger partial charge in [0.25, 0.3) is 0 Å². The van der Waals surface area contributed by atoms with E-state index >= 15 is 0 Å². The summed E-state index contributed by atoms with van der Waals surface area (Å²) in [5.74, 6) is 2.58. The van der Waals surface area contributed by atoms with Crippen LogP contribution in [0.3, 0.4) is 0 Å². The Labute approximate surface area is 182 Å². The van der Waals surface area contributed by atoms with E-state index < -0.39 is 0 Å². The van der Waals surface area contributed by atoms with E-state index in [1.54, 1.807) is 5.56 Å². The number of nitrogens with two attached hydrogens (primary N) is 1. The fourth-order valence-electron chi connectivity index (χ4n) is 8.37. The van der Waals surface area contributed by atoms with Crippen LogP contribution >= 0.6 is 0 Å². The summed E-state index contributed by atoms with van der Waals surface area (Å²) in [5.41, 5.74) is 8.15. The summed E-state index contributed by atoms with van der Waals surface area (Å²) in [6, 6.07) is 11.7. The van der Waals surface area contributed by atoms with Crippen LogP contribution in [0.5, 0.6) is 0 Å². The summed E-state index contributed by atoms with van der Waals surface area (Å²) in [6.45, 7) is 3.19. The number of carbonyl (C=O) groups is 1. The molecule has 5 atom stereocenters. The van der Waals surface area contributed by atoms with Crippen molar-refractivity contribution in [3.63, 3.8) is 0 Å². The van der Waals surface area contributed by atoms with Crippen molar-refractivity contribution >= 4 is 5.91 Å². The molecule has 4 aliphatic carbocycles. The van der Waals surface area contributed by atoms with Gasteiger partial charge in [0.1, 0.15) is 0 Å². The third-order valence-electron chi connectivity index (χ3n) is 9.81. The maximum atomic E-state index is 13.5. The largest absolute Gasteiger partial charge is 0.353 e. The van der Waals surface area contributed by atoms with Crippen LogP contribution in [0.25, 0.3) is 0 Å². The van der Waals surface area contributed by atoms with Gasteiger partial charge in [-0.05, 0) is 105 Å². The number of rotatable bonds is 5. The van der Waals surface area contributed by atoms with Crippen LogP contribution in [0.4, 0.5) is 0 Å². The van der Waals surface area contributed by atoms with Gasteiger partial charge in [-0.15, -0.1) is 0 Å². The summed E-state index contributed by atoms with van der Waals surface area (Å²) < 4.78 is 0. The predicted molar refractivity (Wildman–Crippen MR) is 122 cm³/mol. The SMILES string of the molecule is CCC12CC3CC(C(=O)NC4CCC(CN)CC4)C1CCC(c1ccccc1)(C3)C2. The second-order valence-electron chi connectivity index (χ2n) is 11.3. The quantitative estimate of drug-likeness (QED) is 0.705. The van der Waals surface area contributed by atoms with Crippen molar-refractivity contribution < 1.29 is 4.79 Å². The number of hydrogen-bond donors (Lipinski definition) is 2. The third kappa shape index (κ3) is 3.42. The van der Waals surface area contributed by atoms with E-state index in [1.165, 1.54) is 51.4 Å². The van der Waals surface area contributed by atoms with Gasteiger partial charge in [0, 0.05) is 12.0 Å². The molecule has 3 bridgehead atoms. The van der Waals surface area contributed by atoms with Crippen LogP contribution in [0.15, 0.2) is 30.3 Å². The summed E-state index contributed by atoms with van der Waals surface area (Å²) >= 11 is 0. The standard InChI is InChI=1S/C27H40N2O/c1-2-26-15-20-14-23(25(30)29-22-10-8-19(17-28)9-11-22)24(26)12-13-27(16-20,18-26)21-6-4-3-5-7-21/h3-7,19-20,22-24H,2,8-18,28H2,1H3,(H,29,30). The van der Waals surface area contributed by atoms with Gasteiger partial charge in [0.15, 0.2) is 0 Å². The number of fused-ring (bicyclic) bond motifs is 2. The maximum Gasteiger partial charge on any atom is 0.223 e. The molecule has 1 aromatic rings. The first-order valence-corrected chi connectivity index (χ1v) is 12.6. The lowest BCUT2D eigenvalue weighted by Gasteiger charge is -2.63. The molecule has 4 aliphatic rings. The van der Waals surface area contributed by atoms with E-state index in [1.807, 2.05) is 0 Å². The van der Waals surface area contributed by atoms with Crippen LogP contribution in [0.2, 0.25) is 0 Å². The molecule has 0 radical (unpaired) electrons. The minimum absolute atomic E-state index is 0.241. The van der Waals surface area contributed by atoms with Gasteiger partial charge in [-0.25, -0.2) is 0 Å². The zero-order chi connectivity index (χ0) is 20.8. The highest BCUT2D eigenvalue weighted by molar-refractivity contribution is 5.79. The topological polar surface area (TPSA) is 55.1 Å². The molecular weight excluding hydrogens is 368 g/mol. The number of hydrogen-bond acceptors (Lipinski definition) is 2. The number of amides is 1. The lowest BCUT2D eigenvalue weighted by molar-refractivity contribution is -0.147. The number of benzene rings is 1. The highest BCUT2D eigenvalue weighted by atomic mass is 16.2. The number of nitrogens with one attached hydrogen (secondary N) is 1. The average molecular weight is 409 g/mol. The van der Waals surface area contributed by atoms with Crippen molar-refractivity contribution in [2.45, 2.75) is 89.0 Å². The molecule has 0 aromatic heterocycles. The third-order valence-corrected chi connectivity index (χ3v) is 9.81. The van der Waals surface area contributed by atoms with Gasteiger partial charge in [-0.3, -0.25) is 4.79 Å². The molecule has 4 fully saturated rings. The zero-order valence-electron chi connectivity index (χ0n) is 18.7. The monoisotopic (exact) mass is 408 g/mol. The first-order valence-electron chi connectivity index (χ1n) is 12.6. The van der Waals surface area contributed by atoms with Crippen molar-refractivity contribution in [1.82, 2.24) is 5.32 Å². The van der Waals surface area contributed by atoms with E-state index in [2.05, 4.69) is 42.6 Å². The van der Waals surface area contributed by atoms with Gasteiger partial charge in [-0.2, -0.15) is 0 Å². The van der Waals surface area contributed by atoms with Crippen molar-refractivity contribution in [2.24, 2.45) is 34.8 Å². The Balaban J connectivity index is 1.34. The molecular formula is C27H40N2O. The lowest BCUT2D eigenvalue weighted by Crippen LogP contribution is -2.59. The van der Waals surface area contributed by atoms with Crippen LogP contribution in [0, 0.1) is 29.1 Å². The Bertz CT molecular complexity index is 755. The minimum Gasteiger partial charge on any atom is -0.353 e. The fraction of sp³-hybridized carbons (Fsp3) is 0.741.